The zero-order valence-corrected chi connectivity index (χ0v) is 11.7. The molecule has 0 bridgehead atoms. The molecule has 1 saturated heterocycles. The molecular formula is C11H18ClN3O4. The standard InChI is InChI=1S/C11H18ClN3O4/c1-7(2)13-10(17)8-6-19-4-3-15(8)11(18)14-9(16)5-12/h7-8H,3-6H2,1-2H3,(H,13,17)(H,14,16,18). The summed E-state index contributed by atoms with van der Waals surface area (Å²) in [6.07, 6.45) is 0. The van der Waals surface area contributed by atoms with Gasteiger partial charge in [-0.05, 0) is 13.8 Å². The van der Waals surface area contributed by atoms with Gasteiger partial charge in [-0.1, -0.05) is 0 Å². The Morgan fingerprint density at radius 3 is 2.68 bits per heavy atom. The van der Waals surface area contributed by atoms with Crippen molar-refractivity contribution in [3.63, 3.8) is 0 Å². The molecule has 0 aromatic rings. The van der Waals surface area contributed by atoms with Gasteiger partial charge in [-0.2, -0.15) is 0 Å². The van der Waals surface area contributed by atoms with Gasteiger partial charge in [0.05, 0.1) is 13.2 Å². The Morgan fingerprint density at radius 1 is 1.42 bits per heavy atom. The number of ether oxygens (including phenoxy) is 1. The van der Waals surface area contributed by atoms with Crippen LogP contribution in [0.25, 0.3) is 0 Å². The fourth-order valence-corrected chi connectivity index (χ4v) is 1.74. The summed E-state index contributed by atoms with van der Waals surface area (Å²) < 4.78 is 5.20. The second-order valence-electron chi connectivity index (χ2n) is 4.43. The molecule has 1 unspecified atom stereocenters. The number of imide groups is 1. The topological polar surface area (TPSA) is 87.7 Å². The number of amides is 4. The third-order valence-corrected chi connectivity index (χ3v) is 2.73. The van der Waals surface area contributed by atoms with Crippen molar-refractivity contribution >= 4 is 29.4 Å². The van der Waals surface area contributed by atoms with Gasteiger partial charge in [0, 0.05) is 12.6 Å². The molecule has 1 atom stereocenters. The molecule has 108 valence electrons. The van der Waals surface area contributed by atoms with Crippen molar-refractivity contribution < 1.29 is 19.1 Å². The van der Waals surface area contributed by atoms with Crippen LogP contribution in [0.4, 0.5) is 4.79 Å². The third-order valence-electron chi connectivity index (χ3n) is 2.49. The van der Waals surface area contributed by atoms with E-state index in [1.807, 2.05) is 13.8 Å². The molecule has 1 aliphatic rings. The van der Waals surface area contributed by atoms with Crippen LogP contribution in [-0.2, 0) is 14.3 Å². The molecule has 19 heavy (non-hydrogen) atoms. The van der Waals surface area contributed by atoms with Gasteiger partial charge >= 0.3 is 6.03 Å². The van der Waals surface area contributed by atoms with E-state index in [1.54, 1.807) is 0 Å². The Kier molecular flexibility index (Phi) is 6.04. The first-order valence-corrected chi connectivity index (χ1v) is 6.53. The van der Waals surface area contributed by atoms with Crippen LogP contribution in [0.2, 0.25) is 0 Å². The maximum absolute atomic E-state index is 12.0. The van der Waals surface area contributed by atoms with Gasteiger partial charge in [0.25, 0.3) is 0 Å². The van der Waals surface area contributed by atoms with E-state index in [1.165, 1.54) is 4.90 Å². The molecule has 4 amide bonds. The summed E-state index contributed by atoms with van der Waals surface area (Å²) >= 11 is 5.32. The lowest BCUT2D eigenvalue weighted by Gasteiger charge is -2.34. The predicted molar refractivity (Wildman–Crippen MR) is 68.9 cm³/mol. The molecule has 0 saturated carbocycles. The number of halogens is 1. The molecule has 0 aliphatic carbocycles. The number of hydrogen-bond acceptors (Lipinski definition) is 4. The summed E-state index contributed by atoms with van der Waals surface area (Å²) in [5.41, 5.74) is 0. The average molecular weight is 292 g/mol. The Hall–Kier alpha value is -1.34. The van der Waals surface area contributed by atoms with E-state index in [-0.39, 0.29) is 31.0 Å². The first-order valence-electron chi connectivity index (χ1n) is 6.00. The van der Waals surface area contributed by atoms with Crippen molar-refractivity contribution in [2.24, 2.45) is 0 Å². The SMILES string of the molecule is CC(C)NC(=O)C1COCCN1C(=O)NC(=O)CCl. The van der Waals surface area contributed by atoms with Gasteiger partial charge < -0.3 is 15.0 Å². The maximum Gasteiger partial charge on any atom is 0.324 e. The number of morpholine rings is 1. The summed E-state index contributed by atoms with van der Waals surface area (Å²) in [6, 6.07) is -1.40. The van der Waals surface area contributed by atoms with Crippen LogP contribution in [0.5, 0.6) is 0 Å². The molecule has 0 radical (unpaired) electrons. The van der Waals surface area contributed by atoms with Gasteiger partial charge in [-0.15, -0.1) is 11.6 Å². The lowest BCUT2D eigenvalue weighted by molar-refractivity contribution is -0.131. The maximum atomic E-state index is 12.0. The number of urea groups is 1. The molecule has 1 rings (SSSR count). The second-order valence-corrected chi connectivity index (χ2v) is 4.70. The third kappa shape index (κ3) is 4.68. The fraction of sp³-hybridized carbons (Fsp3) is 0.727. The molecule has 7 nitrogen and oxygen atoms in total. The second kappa shape index (κ2) is 7.30. The van der Waals surface area contributed by atoms with E-state index in [0.717, 1.165) is 0 Å². The normalized spacial score (nSPS) is 19.2. The van der Waals surface area contributed by atoms with Crippen LogP contribution in [0.3, 0.4) is 0 Å². The van der Waals surface area contributed by atoms with E-state index in [4.69, 9.17) is 16.3 Å². The van der Waals surface area contributed by atoms with Crippen molar-refractivity contribution in [2.75, 3.05) is 25.6 Å². The summed E-state index contributed by atoms with van der Waals surface area (Å²) in [6.45, 7) is 4.33. The van der Waals surface area contributed by atoms with Crippen molar-refractivity contribution in [1.82, 2.24) is 15.5 Å². The first kappa shape index (κ1) is 15.7. The Labute approximate surface area is 116 Å². The number of carbonyl (C=O) groups is 3. The molecule has 0 aromatic carbocycles. The molecule has 0 aromatic heterocycles. The van der Waals surface area contributed by atoms with Crippen LogP contribution in [0, 0.1) is 0 Å². The lowest BCUT2D eigenvalue weighted by Crippen LogP contribution is -2.59. The van der Waals surface area contributed by atoms with Crippen LogP contribution in [-0.4, -0.2) is 60.5 Å². The number of hydrogen-bond donors (Lipinski definition) is 2. The van der Waals surface area contributed by atoms with Crippen molar-refractivity contribution in [2.45, 2.75) is 25.9 Å². The van der Waals surface area contributed by atoms with Gasteiger partial charge in [0.15, 0.2) is 0 Å². The predicted octanol–water partition coefficient (Wildman–Crippen LogP) is -0.313. The molecule has 0 spiro atoms. The van der Waals surface area contributed by atoms with Crippen LogP contribution in [0.15, 0.2) is 0 Å². The van der Waals surface area contributed by atoms with E-state index >= 15 is 0 Å². The van der Waals surface area contributed by atoms with Crippen LogP contribution in [0.1, 0.15) is 13.8 Å². The zero-order chi connectivity index (χ0) is 14.4. The minimum Gasteiger partial charge on any atom is -0.377 e. The monoisotopic (exact) mass is 291 g/mol. The number of alkyl halides is 1. The highest BCUT2D eigenvalue weighted by atomic mass is 35.5. The summed E-state index contributed by atoms with van der Waals surface area (Å²) in [4.78, 5) is 36.2. The van der Waals surface area contributed by atoms with Gasteiger partial charge in [0.2, 0.25) is 11.8 Å². The lowest BCUT2D eigenvalue weighted by atomic mass is 10.2. The van der Waals surface area contributed by atoms with Crippen LogP contribution < -0.4 is 10.6 Å². The number of carbonyl (C=O) groups excluding carboxylic acids is 3. The number of rotatable bonds is 3. The summed E-state index contributed by atoms with van der Waals surface area (Å²) in [7, 11) is 0. The van der Waals surface area contributed by atoms with Gasteiger partial charge in [-0.3, -0.25) is 14.9 Å². The highest BCUT2D eigenvalue weighted by molar-refractivity contribution is 6.28. The minimum atomic E-state index is -0.737. The van der Waals surface area contributed by atoms with Crippen LogP contribution >= 0.6 is 11.6 Å². The molecule has 1 aliphatic heterocycles. The van der Waals surface area contributed by atoms with Crippen molar-refractivity contribution in [1.29, 1.82) is 0 Å². The quantitative estimate of drug-likeness (QED) is 0.698. The van der Waals surface area contributed by atoms with E-state index < -0.39 is 18.0 Å². The average Bonchev–Trinajstić information content (AvgIpc) is 2.37. The van der Waals surface area contributed by atoms with Gasteiger partial charge in [-0.25, -0.2) is 4.79 Å². The minimum absolute atomic E-state index is 0.0381. The summed E-state index contributed by atoms with van der Waals surface area (Å²) in [5, 5.41) is 4.83. The highest BCUT2D eigenvalue weighted by Gasteiger charge is 2.33. The van der Waals surface area contributed by atoms with E-state index in [2.05, 4.69) is 10.6 Å². The van der Waals surface area contributed by atoms with E-state index in [0.29, 0.717) is 6.61 Å². The van der Waals surface area contributed by atoms with Crippen molar-refractivity contribution in [3.05, 3.63) is 0 Å². The van der Waals surface area contributed by atoms with Crippen molar-refractivity contribution in [3.8, 4) is 0 Å². The van der Waals surface area contributed by atoms with Gasteiger partial charge in [0.1, 0.15) is 11.9 Å². The molecule has 8 heteroatoms. The first-order chi connectivity index (χ1) is 8.95. The fourth-order valence-electron chi connectivity index (χ4n) is 1.67. The van der Waals surface area contributed by atoms with E-state index in [9.17, 15) is 14.4 Å². The molecule has 1 fully saturated rings. The smallest absolute Gasteiger partial charge is 0.324 e. The molecular weight excluding hydrogens is 274 g/mol. The zero-order valence-electron chi connectivity index (χ0n) is 10.9. The molecule has 2 N–H and O–H groups in total. The Balaban J connectivity index is 2.69. The summed E-state index contributed by atoms with van der Waals surface area (Å²) in [5.74, 6) is -1.21. The number of nitrogens with zero attached hydrogens (tertiary/aromatic N) is 1. The Bertz CT molecular complexity index is 362. The largest absolute Gasteiger partial charge is 0.377 e. The number of nitrogens with one attached hydrogen (secondary N) is 2. The highest BCUT2D eigenvalue weighted by Crippen LogP contribution is 2.08. The molecule has 1 heterocycles. The Morgan fingerprint density at radius 2 is 2.11 bits per heavy atom.